The van der Waals surface area contributed by atoms with E-state index in [4.69, 9.17) is 4.74 Å². The summed E-state index contributed by atoms with van der Waals surface area (Å²) in [4.78, 5) is 0. The lowest BCUT2D eigenvalue weighted by molar-refractivity contribution is -0.0707. The molecule has 0 amide bonds. The van der Waals surface area contributed by atoms with E-state index in [1.165, 1.54) is 24.0 Å². The van der Waals surface area contributed by atoms with Gasteiger partial charge in [-0.3, -0.25) is 0 Å². The van der Waals surface area contributed by atoms with Crippen molar-refractivity contribution in [2.75, 3.05) is 7.11 Å². The molecule has 0 heterocycles. The number of fused-ring (bicyclic) bond motifs is 5. The molecule has 0 aromatic heterocycles. The van der Waals surface area contributed by atoms with Crippen LogP contribution in [0.4, 0.5) is 0 Å². The van der Waals surface area contributed by atoms with Crippen molar-refractivity contribution < 1.29 is 9.84 Å². The van der Waals surface area contributed by atoms with Crippen LogP contribution in [0.1, 0.15) is 56.1 Å². The fourth-order valence-electron chi connectivity index (χ4n) is 6.07. The zero-order chi connectivity index (χ0) is 16.2. The highest BCUT2D eigenvalue weighted by atomic mass is 16.5. The van der Waals surface area contributed by atoms with E-state index in [0.29, 0.717) is 17.8 Å². The van der Waals surface area contributed by atoms with Crippen LogP contribution in [0.15, 0.2) is 30.9 Å². The minimum Gasteiger partial charge on any atom is -0.497 e. The van der Waals surface area contributed by atoms with Crippen LogP contribution in [0.5, 0.6) is 5.75 Å². The maximum absolute atomic E-state index is 11.1. The smallest absolute Gasteiger partial charge is 0.119 e. The van der Waals surface area contributed by atoms with Gasteiger partial charge in [-0.15, -0.1) is 6.58 Å². The Morgan fingerprint density at radius 3 is 2.83 bits per heavy atom. The second-order valence-electron chi connectivity index (χ2n) is 8.10. The lowest BCUT2D eigenvalue weighted by Crippen LogP contribution is -2.49. The lowest BCUT2D eigenvalue weighted by Gasteiger charge is -2.52. The Morgan fingerprint density at radius 1 is 1.26 bits per heavy atom. The molecule has 1 aromatic carbocycles. The van der Waals surface area contributed by atoms with Crippen LogP contribution in [0, 0.1) is 17.3 Å². The molecule has 3 aliphatic rings. The molecule has 5 atom stereocenters. The van der Waals surface area contributed by atoms with Crippen LogP contribution >= 0.6 is 0 Å². The Labute approximate surface area is 139 Å². The molecular formula is C21H28O2. The summed E-state index contributed by atoms with van der Waals surface area (Å²) in [6.07, 6.45) is 8.54. The molecule has 2 saturated carbocycles. The Kier molecular flexibility index (Phi) is 3.39. The largest absolute Gasteiger partial charge is 0.497 e. The van der Waals surface area contributed by atoms with E-state index in [-0.39, 0.29) is 5.41 Å². The van der Waals surface area contributed by atoms with Crippen molar-refractivity contribution in [1.82, 2.24) is 0 Å². The number of methoxy groups -OCH3 is 1. The van der Waals surface area contributed by atoms with Crippen molar-refractivity contribution in [3.63, 3.8) is 0 Å². The molecule has 124 valence electrons. The minimum atomic E-state index is -0.664. The molecule has 0 aliphatic heterocycles. The molecule has 2 nitrogen and oxygen atoms in total. The number of ether oxygens (including phenoxy) is 1. The van der Waals surface area contributed by atoms with Crippen molar-refractivity contribution in [3.8, 4) is 5.75 Å². The fraction of sp³-hybridized carbons (Fsp3) is 0.619. The van der Waals surface area contributed by atoms with Gasteiger partial charge in [-0.05, 0) is 79.5 Å². The number of hydrogen-bond donors (Lipinski definition) is 1. The molecular weight excluding hydrogens is 284 g/mol. The monoisotopic (exact) mass is 312 g/mol. The van der Waals surface area contributed by atoms with Gasteiger partial charge in [0.15, 0.2) is 0 Å². The lowest BCUT2D eigenvalue weighted by atomic mass is 9.53. The number of rotatable bonds is 2. The van der Waals surface area contributed by atoms with Crippen LogP contribution in [0.3, 0.4) is 0 Å². The normalized spacial score (nSPS) is 41.6. The third-order valence-corrected chi connectivity index (χ3v) is 7.49. The SMILES string of the molecule is C=C[C@@]1(O)CC[C@H]2[C@H]3CCc4cc(OC)ccc4[C@@H]3CC[C@@]21C. The van der Waals surface area contributed by atoms with E-state index >= 15 is 0 Å². The van der Waals surface area contributed by atoms with E-state index in [2.05, 4.69) is 31.7 Å². The van der Waals surface area contributed by atoms with Crippen LogP contribution in [-0.4, -0.2) is 17.8 Å². The van der Waals surface area contributed by atoms with Crippen molar-refractivity contribution in [2.45, 2.75) is 57.0 Å². The van der Waals surface area contributed by atoms with Gasteiger partial charge < -0.3 is 9.84 Å². The first-order chi connectivity index (χ1) is 11.0. The minimum absolute atomic E-state index is 0.0138. The first kappa shape index (κ1) is 15.3. The molecule has 23 heavy (non-hydrogen) atoms. The van der Waals surface area contributed by atoms with E-state index in [1.54, 1.807) is 7.11 Å². The maximum atomic E-state index is 11.1. The summed E-state index contributed by atoms with van der Waals surface area (Å²) < 4.78 is 5.40. The van der Waals surface area contributed by atoms with Gasteiger partial charge in [0, 0.05) is 5.41 Å². The fourth-order valence-corrected chi connectivity index (χ4v) is 6.07. The average Bonchev–Trinajstić information content (AvgIpc) is 2.86. The van der Waals surface area contributed by atoms with E-state index in [0.717, 1.165) is 31.4 Å². The Morgan fingerprint density at radius 2 is 2.09 bits per heavy atom. The summed E-state index contributed by atoms with van der Waals surface area (Å²) in [6, 6.07) is 6.64. The van der Waals surface area contributed by atoms with Crippen molar-refractivity contribution in [2.24, 2.45) is 17.3 Å². The molecule has 0 saturated heterocycles. The summed E-state index contributed by atoms with van der Waals surface area (Å²) in [5, 5.41) is 11.1. The van der Waals surface area contributed by atoms with Gasteiger partial charge in [-0.1, -0.05) is 19.1 Å². The quantitative estimate of drug-likeness (QED) is 0.817. The standard InChI is InChI=1S/C21H28O2/c1-4-21(22)12-10-19-18-7-5-14-13-15(23-3)6-8-16(14)17(18)9-11-20(19,21)2/h4,6,8,13,17-19,22H,1,5,7,9-12H2,2-3H3/t17-,18-,19-,20-,21+/m0/s1. The molecule has 4 rings (SSSR count). The van der Waals surface area contributed by atoms with Gasteiger partial charge in [-0.25, -0.2) is 0 Å². The zero-order valence-electron chi connectivity index (χ0n) is 14.3. The van der Waals surface area contributed by atoms with E-state index < -0.39 is 5.60 Å². The molecule has 1 N–H and O–H groups in total. The molecule has 0 bridgehead atoms. The van der Waals surface area contributed by atoms with E-state index in [9.17, 15) is 5.11 Å². The highest BCUT2D eigenvalue weighted by Crippen LogP contribution is 2.64. The second kappa shape index (κ2) is 5.11. The summed E-state index contributed by atoms with van der Waals surface area (Å²) in [7, 11) is 1.74. The van der Waals surface area contributed by atoms with Crippen LogP contribution in [0.2, 0.25) is 0 Å². The van der Waals surface area contributed by atoms with Crippen LogP contribution in [-0.2, 0) is 6.42 Å². The van der Waals surface area contributed by atoms with Gasteiger partial charge in [-0.2, -0.15) is 0 Å². The van der Waals surface area contributed by atoms with Gasteiger partial charge in [0.25, 0.3) is 0 Å². The molecule has 2 heteroatoms. The molecule has 3 aliphatic carbocycles. The molecule has 1 aromatic rings. The van der Waals surface area contributed by atoms with E-state index in [1.807, 2.05) is 6.08 Å². The third kappa shape index (κ3) is 1.97. The van der Waals surface area contributed by atoms with Gasteiger partial charge in [0.2, 0.25) is 0 Å². The molecule has 0 radical (unpaired) electrons. The third-order valence-electron chi connectivity index (χ3n) is 7.49. The maximum Gasteiger partial charge on any atom is 0.119 e. The van der Waals surface area contributed by atoms with Crippen molar-refractivity contribution in [1.29, 1.82) is 0 Å². The molecule has 0 spiro atoms. The second-order valence-corrected chi connectivity index (χ2v) is 8.10. The summed E-state index contributed by atoms with van der Waals surface area (Å²) in [5.74, 6) is 2.97. The number of hydrogen-bond acceptors (Lipinski definition) is 2. The summed E-state index contributed by atoms with van der Waals surface area (Å²) in [6.45, 7) is 6.26. The highest BCUT2D eigenvalue weighted by Gasteiger charge is 2.60. The van der Waals surface area contributed by atoms with Gasteiger partial charge >= 0.3 is 0 Å². The molecule has 2 fully saturated rings. The Balaban J connectivity index is 1.69. The predicted molar refractivity (Wildman–Crippen MR) is 92.8 cm³/mol. The Bertz CT molecular complexity index is 637. The Hall–Kier alpha value is -1.28. The van der Waals surface area contributed by atoms with Crippen LogP contribution < -0.4 is 4.74 Å². The first-order valence-corrected chi connectivity index (χ1v) is 9.05. The first-order valence-electron chi connectivity index (χ1n) is 9.05. The average molecular weight is 312 g/mol. The van der Waals surface area contributed by atoms with Gasteiger partial charge in [0.1, 0.15) is 5.75 Å². The summed E-state index contributed by atoms with van der Waals surface area (Å²) >= 11 is 0. The number of benzene rings is 1. The van der Waals surface area contributed by atoms with Crippen LogP contribution in [0.25, 0.3) is 0 Å². The topological polar surface area (TPSA) is 29.5 Å². The molecule has 0 unspecified atom stereocenters. The number of aryl methyl sites for hydroxylation is 1. The predicted octanol–water partition coefficient (Wildman–Crippen LogP) is 4.47. The van der Waals surface area contributed by atoms with Crippen molar-refractivity contribution >= 4 is 0 Å². The summed E-state index contributed by atoms with van der Waals surface area (Å²) in [5.41, 5.74) is 2.37. The zero-order valence-corrected chi connectivity index (χ0v) is 14.3. The van der Waals surface area contributed by atoms with Crippen molar-refractivity contribution in [3.05, 3.63) is 42.0 Å². The number of aliphatic hydroxyl groups is 1. The highest BCUT2D eigenvalue weighted by molar-refractivity contribution is 5.41. The van der Waals surface area contributed by atoms with Gasteiger partial charge in [0.05, 0.1) is 12.7 Å².